The van der Waals surface area contributed by atoms with Crippen molar-refractivity contribution in [3.8, 4) is 0 Å². The van der Waals surface area contributed by atoms with Gasteiger partial charge in [0.1, 0.15) is 6.54 Å². The second-order valence-electron chi connectivity index (χ2n) is 5.35. The van der Waals surface area contributed by atoms with Crippen molar-refractivity contribution >= 4 is 17.5 Å². The van der Waals surface area contributed by atoms with Crippen LogP contribution in [0, 0.1) is 12.1 Å². The fourth-order valence-electron chi connectivity index (χ4n) is 2.13. The van der Waals surface area contributed by atoms with Crippen molar-refractivity contribution in [1.82, 2.24) is 15.0 Å². The van der Waals surface area contributed by atoms with Crippen molar-refractivity contribution in [2.75, 3.05) is 0 Å². The number of hydrogen-bond acceptors (Lipinski definition) is 5. The molecule has 0 amide bonds. The van der Waals surface area contributed by atoms with Gasteiger partial charge in [-0.1, -0.05) is 35.0 Å². The molecule has 2 heterocycles. The molecule has 3 aromatic rings. The molecule has 0 fully saturated rings. The van der Waals surface area contributed by atoms with Gasteiger partial charge in [0, 0.05) is 29.6 Å². The number of rotatable bonds is 6. The molecule has 3 rings (SSSR count). The van der Waals surface area contributed by atoms with Gasteiger partial charge in [0.2, 0.25) is 0 Å². The van der Waals surface area contributed by atoms with Gasteiger partial charge in [0.25, 0.3) is 5.03 Å². The number of thioether (sulfide) groups is 1. The summed E-state index contributed by atoms with van der Waals surface area (Å²) in [7, 11) is 0. The molecule has 0 unspecified atom stereocenters. The van der Waals surface area contributed by atoms with E-state index < -0.39 is 0 Å². The maximum atomic E-state index is 12.2. The Labute approximate surface area is 143 Å². The van der Waals surface area contributed by atoms with E-state index in [0.717, 1.165) is 16.0 Å². The van der Waals surface area contributed by atoms with E-state index in [0.29, 0.717) is 16.3 Å². The van der Waals surface area contributed by atoms with Crippen LogP contribution in [0.2, 0.25) is 0 Å². The van der Waals surface area contributed by atoms with Crippen LogP contribution < -0.4 is 4.73 Å². The summed E-state index contributed by atoms with van der Waals surface area (Å²) in [5.41, 5.74) is 2.49. The number of carbonyl (C=O) groups excluding carboxylic acids is 1. The van der Waals surface area contributed by atoms with Crippen LogP contribution in [0.15, 0.2) is 59.9 Å². The van der Waals surface area contributed by atoms with Gasteiger partial charge in [-0.3, -0.25) is 4.79 Å². The lowest BCUT2D eigenvalue weighted by atomic mass is 10.1. The molecular formula is C17H16N4O2S. The third kappa shape index (κ3) is 3.99. The topological polar surface area (TPSA) is 74.7 Å². The van der Waals surface area contributed by atoms with E-state index in [1.165, 1.54) is 22.6 Å². The Bertz CT molecular complexity index is 846. The zero-order chi connectivity index (χ0) is 16.9. The Balaban J connectivity index is 1.60. The van der Waals surface area contributed by atoms with Crippen LogP contribution >= 0.6 is 11.8 Å². The lowest BCUT2D eigenvalue weighted by Gasteiger charge is -2.02. The number of Topliss-reactive ketones (excluding diaryl/α,β-unsaturated/α-hetero) is 1. The van der Waals surface area contributed by atoms with Crippen molar-refractivity contribution in [3.05, 3.63) is 76.9 Å². The van der Waals surface area contributed by atoms with Crippen molar-refractivity contribution in [1.29, 1.82) is 0 Å². The fourth-order valence-corrected chi connectivity index (χ4v) is 2.92. The van der Waals surface area contributed by atoms with Crippen LogP contribution in [0.3, 0.4) is 0 Å². The highest BCUT2D eigenvalue weighted by Crippen LogP contribution is 2.17. The Morgan fingerprint density at radius 1 is 1.25 bits per heavy atom. The van der Waals surface area contributed by atoms with E-state index in [-0.39, 0.29) is 12.3 Å². The summed E-state index contributed by atoms with van der Waals surface area (Å²) in [4.78, 5) is 12.2. The highest BCUT2D eigenvalue weighted by Gasteiger charge is 2.10. The molecular weight excluding hydrogens is 324 g/mol. The number of pyridine rings is 1. The summed E-state index contributed by atoms with van der Waals surface area (Å²) < 4.78 is 2.34. The Hall–Kier alpha value is -2.67. The lowest BCUT2D eigenvalue weighted by molar-refractivity contribution is -0.645. The van der Waals surface area contributed by atoms with Crippen molar-refractivity contribution in [2.24, 2.45) is 0 Å². The molecule has 0 bridgehead atoms. The number of nitrogens with zero attached hydrogens (tertiary/aromatic N) is 4. The van der Waals surface area contributed by atoms with Gasteiger partial charge in [-0.25, -0.2) is 4.68 Å². The lowest BCUT2D eigenvalue weighted by Crippen LogP contribution is -2.27. The average molecular weight is 340 g/mol. The molecule has 0 saturated heterocycles. The third-order valence-corrected chi connectivity index (χ3v) is 4.47. The van der Waals surface area contributed by atoms with Gasteiger partial charge in [0.15, 0.2) is 12.0 Å². The zero-order valence-corrected chi connectivity index (χ0v) is 13.9. The first-order valence-electron chi connectivity index (χ1n) is 7.42. The monoisotopic (exact) mass is 340 g/mol. The minimum absolute atomic E-state index is 0.0143. The molecule has 0 aliphatic heterocycles. The highest BCUT2D eigenvalue weighted by molar-refractivity contribution is 7.98. The second kappa shape index (κ2) is 7.27. The summed E-state index contributed by atoms with van der Waals surface area (Å²) in [6, 6.07) is 12.7. The summed E-state index contributed by atoms with van der Waals surface area (Å²) >= 11 is 1.38. The van der Waals surface area contributed by atoms with Gasteiger partial charge < -0.3 is 5.21 Å². The molecule has 0 aliphatic rings. The third-order valence-electron chi connectivity index (χ3n) is 3.42. The number of ketones is 1. The van der Waals surface area contributed by atoms with Crippen LogP contribution in [-0.2, 0) is 12.3 Å². The number of hydrogen-bond donors (Lipinski definition) is 0. The van der Waals surface area contributed by atoms with Crippen LogP contribution in [0.5, 0.6) is 0 Å². The average Bonchev–Trinajstić information content (AvgIpc) is 3.02. The molecule has 6 nitrogen and oxygen atoms in total. The molecule has 24 heavy (non-hydrogen) atoms. The van der Waals surface area contributed by atoms with Crippen LogP contribution in [0.4, 0.5) is 0 Å². The largest absolute Gasteiger partial charge is 0.618 e. The molecule has 0 atom stereocenters. The number of benzene rings is 1. The van der Waals surface area contributed by atoms with E-state index >= 15 is 0 Å². The molecule has 0 saturated carbocycles. The fraction of sp³-hybridized carbons (Fsp3) is 0.176. The number of carbonyl (C=O) groups is 1. The van der Waals surface area contributed by atoms with Crippen LogP contribution in [0.25, 0.3) is 0 Å². The van der Waals surface area contributed by atoms with E-state index in [4.69, 9.17) is 0 Å². The SMILES string of the molecule is Cc1ccc(C(=O)Cn2cc(CSc3cccc[n+]3[O-])nn2)cc1. The number of aromatic nitrogens is 4. The van der Waals surface area contributed by atoms with Crippen molar-refractivity contribution in [3.63, 3.8) is 0 Å². The van der Waals surface area contributed by atoms with Gasteiger partial charge in [-0.2, -0.15) is 4.73 Å². The van der Waals surface area contributed by atoms with E-state index in [9.17, 15) is 10.0 Å². The predicted molar refractivity (Wildman–Crippen MR) is 90.5 cm³/mol. The predicted octanol–water partition coefficient (Wildman–Crippen LogP) is 2.40. The molecule has 1 aromatic carbocycles. The summed E-state index contributed by atoms with van der Waals surface area (Å²) in [6.45, 7) is 2.13. The standard InChI is InChI=1S/C17H16N4O2S/c1-13-5-7-14(8-6-13)16(22)11-20-10-15(18-19-20)12-24-17-4-2-3-9-21(17)23/h2-10H,11-12H2,1H3. The highest BCUT2D eigenvalue weighted by atomic mass is 32.2. The maximum absolute atomic E-state index is 12.2. The first-order chi connectivity index (χ1) is 11.6. The Kier molecular flexibility index (Phi) is 4.90. The molecule has 2 aromatic heterocycles. The minimum atomic E-state index is -0.0143. The first-order valence-corrected chi connectivity index (χ1v) is 8.40. The summed E-state index contributed by atoms with van der Waals surface area (Å²) in [5.74, 6) is 0.505. The molecule has 0 N–H and O–H groups in total. The summed E-state index contributed by atoms with van der Waals surface area (Å²) in [6.07, 6.45) is 3.19. The van der Waals surface area contributed by atoms with Gasteiger partial charge in [0.05, 0.1) is 5.69 Å². The molecule has 0 radical (unpaired) electrons. The van der Waals surface area contributed by atoms with Gasteiger partial charge in [-0.15, -0.1) is 5.10 Å². The first kappa shape index (κ1) is 16.2. The molecule has 122 valence electrons. The van der Waals surface area contributed by atoms with Gasteiger partial charge >= 0.3 is 0 Å². The van der Waals surface area contributed by atoms with E-state index in [2.05, 4.69) is 10.3 Å². The molecule has 7 heteroatoms. The van der Waals surface area contributed by atoms with Crippen molar-refractivity contribution < 1.29 is 9.52 Å². The number of aryl methyl sites for hydroxylation is 1. The van der Waals surface area contributed by atoms with Crippen LogP contribution in [0.1, 0.15) is 21.6 Å². The normalized spacial score (nSPS) is 10.7. The quantitative estimate of drug-likeness (QED) is 0.298. The maximum Gasteiger partial charge on any atom is 0.251 e. The zero-order valence-electron chi connectivity index (χ0n) is 13.1. The van der Waals surface area contributed by atoms with E-state index in [1.54, 1.807) is 18.3 Å². The van der Waals surface area contributed by atoms with Gasteiger partial charge in [-0.05, 0) is 24.8 Å². The smallest absolute Gasteiger partial charge is 0.251 e. The van der Waals surface area contributed by atoms with Crippen LogP contribution in [-0.4, -0.2) is 20.8 Å². The summed E-state index contributed by atoms with van der Waals surface area (Å²) in [5, 5.41) is 20.2. The minimum Gasteiger partial charge on any atom is -0.618 e. The second-order valence-corrected chi connectivity index (χ2v) is 6.35. The molecule has 0 aliphatic carbocycles. The Morgan fingerprint density at radius 2 is 2.04 bits per heavy atom. The molecule has 0 spiro atoms. The van der Waals surface area contributed by atoms with E-state index in [1.807, 2.05) is 37.3 Å². The Morgan fingerprint density at radius 3 is 2.79 bits per heavy atom. The van der Waals surface area contributed by atoms with Crippen molar-refractivity contribution in [2.45, 2.75) is 24.2 Å².